The van der Waals surface area contributed by atoms with Crippen LogP contribution in [0.1, 0.15) is 35.6 Å². The Labute approximate surface area is 162 Å². The van der Waals surface area contributed by atoms with E-state index in [2.05, 4.69) is 4.72 Å². The average Bonchev–Trinajstić information content (AvgIpc) is 2.51. The van der Waals surface area contributed by atoms with Crippen molar-refractivity contribution in [2.24, 2.45) is 0 Å². The van der Waals surface area contributed by atoms with Gasteiger partial charge in [-0.25, -0.2) is 21.6 Å². The van der Waals surface area contributed by atoms with E-state index in [0.29, 0.717) is 11.1 Å². The Balaban J connectivity index is 1.97. The first-order valence-electron chi connectivity index (χ1n) is 8.97. The number of carbonyl (C=O) groups is 1. The lowest BCUT2D eigenvalue weighted by molar-refractivity contribution is -0.134. The summed E-state index contributed by atoms with van der Waals surface area (Å²) in [7, 11) is -6.86. The molecule has 1 saturated heterocycles. The first-order valence-corrected chi connectivity index (χ1v) is 12.2. The molecule has 2 rings (SSSR count). The maximum atomic E-state index is 12.7. The molecule has 27 heavy (non-hydrogen) atoms. The number of nitrogens with one attached hydrogen (secondary N) is 1. The van der Waals surface area contributed by atoms with Gasteiger partial charge in [0, 0.05) is 31.8 Å². The van der Waals surface area contributed by atoms with E-state index >= 15 is 0 Å². The number of hydrogen-bond donors (Lipinski definition) is 1. The van der Waals surface area contributed by atoms with Crippen molar-refractivity contribution in [1.82, 2.24) is 9.62 Å². The minimum absolute atomic E-state index is 0.00101. The highest BCUT2D eigenvalue weighted by Gasteiger charge is 2.38. The van der Waals surface area contributed by atoms with Gasteiger partial charge >= 0.3 is 0 Å². The number of amides is 1. The zero-order valence-corrected chi connectivity index (χ0v) is 18.1. The second kappa shape index (κ2) is 7.89. The van der Waals surface area contributed by atoms with Gasteiger partial charge in [0.25, 0.3) is 0 Å². The molecule has 0 spiro atoms. The SMILES string of the molecule is CCS(=O)(=O)C1CN(C(=O)CCNS(=O)(=O)c2c(C)c(C)cc(C)c2C)C1. The normalized spacial score (nSPS) is 15.7. The molecule has 1 heterocycles. The predicted octanol–water partition coefficient (Wildman–Crippen LogP) is 1.23. The monoisotopic (exact) mass is 416 g/mol. The smallest absolute Gasteiger partial charge is 0.241 e. The summed E-state index contributed by atoms with van der Waals surface area (Å²) in [5.74, 6) is -0.178. The fourth-order valence-electron chi connectivity index (χ4n) is 3.21. The number of sulfone groups is 1. The van der Waals surface area contributed by atoms with Crippen molar-refractivity contribution in [1.29, 1.82) is 0 Å². The molecular weight excluding hydrogens is 388 g/mol. The van der Waals surface area contributed by atoms with Crippen LogP contribution in [0, 0.1) is 27.7 Å². The number of likely N-dealkylation sites (tertiary alicyclic amines) is 1. The van der Waals surface area contributed by atoms with Gasteiger partial charge in [-0.3, -0.25) is 4.79 Å². The van der Waals surface area contributed by atoms with Gasteiger partial charge in [0.1, 0.15) is 0 Å². The average molecular weight is 417 g/mol. The van der Waals surface area contributed by atoms with Gasteiger partial charge < -0.3 is 4.90 Å². The van der Waals surface area contributed by atoms with E-state index in [4.69, 9.17) is 0 Å². The van der Waals surface area contributed by atoms with Gasteiger partial charge in [0.05, 0.1) is 10.1 Å². The molecule has 0 atom stereocenters. The topological polar surface area (TPSA) is 101 Å². The Bertz CT molecular complexity index is 920. The second-order valence-electron chi connectivity index (χ2n) is 7.11. The molecule has 1 aromatic carbocycles. The van der Waals surface area contributed by atoms with E-state index in [1.165, 1.54) is 4.90 Å². The quantitative estimate of drug-likeness (QED) is 0.721. The molecule has 0 radical (unpaired) electrons. The van der Waals surface area contributed by atoms with E-state index in [1.807, 2.05) is 19.9 Å². The summed E-state index contributed by atoms with van der Waals surface area (Å²) in [5, 5.41) is -0.497. The van der Waals surface area contributed by atoms with Gasteiger partial charge in [0.2, 0.25) is 15.9 Å². The van der Waals surface area contributed by atoms with E-state index in [0.717, 1.165) is 11.1 Å². The van der Waals surface area contributed by atoms with Gasteiger partial charge in [0.15, 0.2) is 9.84 Å². The lowest BCUT2D eigenvalue weighted by Gasteiger charge is -2.38. The van der Waals surface area contributed by atoms with Crippen LogP contribution in [0.3, 0.4) is 0 Å². The Hall–Kier alpha value is -1.45. The van der Waals surface area contributed by atoms with E-state index in [1.54, 1.807) is 20.8 Å². The number of carbonyl (C=O) groups excluding carboxylic acids is 1. The van der Waals surface area contributed by atoms with Crippen LogP contribution in [-0.4, -0.2) is 58.3 Å². The third-order valence-electron chi connectivity index (χ3n) is 5.31. The summed E-state index contributed by atoms with van der Waals surface area (Å²) in [6.45, 7) is 9.24. The Kier molecular flexibility index (Phi) is 6.38. The minimum Gasteiger partial charge on any atom is -0.340 e. The van der Waals surface area contributed by atoms with Gasteiger partial charge in [-0.15, -0.1) is 0 Å². The first-order chi connectivity index (χ1) is 12.4. The number of hydrogen-bond acceptors (Lipinski definition) is 5. The molecule has 1 aliphatic heterocycles. The minimum atomic E-state index is -3.73. The van der Waals surface area contributed by atoms with E-state index in [9.17, 15) is 21.6 Å². The van der Waals surface area contributed by atoms with Gasteiger partial charge in [-0.1, -0.05) is 13.0 Å². The molecule has 0 aromatic heterocycles. The summed E-state index contributed by atoms with van der Waals surface area (Å²) in [6.07, 6.45) is 0.00101. The standard InChI is InChI=1S/C18H28N2O5S2/c1-6-26(22,23)16-10-20(11-16)17(21)7-8-19-27(24,25)18-14(4)12(2)9-13(3)15(18)5/h9,16,19H,6-8,10-11H2,1-5H3. The molecule has 152 valence electrons. The third-order valence-corrected chi connectivity index (χ3v) is 9.16. The van der Waals surface area contributed by atoms with Crippen LogP contribution >= 0.6 is 0 Å². The highest BCUT2D eigenvalue weighted by molar-refractivity contribution is 7.92. The Morgan fingerprint density at radius 2 is 1.59 bits per heavy atom. The summed E-state index contributed by atoms with van der Waals surface area (Å²) in [4.78, 5) is 13.9. The molecule has 1 fully saturated rings. The summed E-state index contributed by atoms with van der Waals surface area (Å²) in [6, 6.07) is 1.96. The molecule has 0 bridgehead atoms. The molecule has 0 saturated carbocycles. The van der Waals surface area contributed by atoms with Crippen LogP contribution in [0.2, 0.25) is 0 Å². The highest BCUT2D eigenvalue weighted by Crippen LogP contribution is 2.26. The molecule has 0 aliphatic carbocycles. The fraction of sp³-hybridized carbons (Fsp3) is 0.611. The summed E-state index contributed by atoms with van der Waals surface area (Å²) < 4.78 is 51.4. The Morgan fingerprint density at radius 3 is 2.07 bits per heavy atom. The summed E-state index contributed by atoms with van der Waals surface area (Å²) in [5.41, 5.74) is 3.20. The maximum absolute atomic E-state index is 12.7. The number of sulfonamides is 1. The number of rotatable bonds is 7. The lowest BCUT2D eigenvalue weighted by Crippen LogP contribution is -2.57. The predicted molar refractivity (Wildman–Crippen MR) is 105 cm³/mol. The maximum Gasteiger partial charge on any atom is 0.241 e. The molecule has 7 nitrogen and oxygen atoms in total. The zero-order valence-electron chi connectivity index (χ0n) is 16.5. The van der Waals surface area contributed by atoms with Crippen molar-refractivity contribution >= 4 is 25.8 Å². The van der Waals surface area contributed by atoms with Gasteiger partial charge in [-0.2, -0.15) is 0 Å². The van der Waals surface area contributed by atoms with E-state index < -0.39 is 25.1 Å². The molecule has 1 aliphatic rings. The molecular formula is C18H28N2O5S2. The molecule has 1 N–H and O–H groups in total. The highest BCUT2D eigenvalue weighted by atomic mass is 32.2. The van der Waals surface area contributed by atoms with Crippen molar-refractivity contribution in [3.05, 3.63) is 28.3 Å². The second-order valence-corrected chi connectivity index (χ2v) is 11.4. The number of aryl methyl sites for hydroxylation is 2. The molecule has 0 unspecified atom stereocenters. The van der Waals surface area contributed by atoms with Crippen LogP contribution in [0.5, 0.6) is 0 Å². The van der Waals surface area contributed by atoms with Crippen LogP contribution < -0.4 is 4.72 Å². The molecule has 9 heteroatoms. The number of nitrogens with zero attached hydrogens (tertiary/aromatic N) is 1. The van der Waals surface area contributed by atoms with Crippen LogP contribution in [0.4, 0.5) is 0 Å². The lowest BCUT2D eigenvalue weighted by atomic mass is 10.0. The van der Waals surface area contributed by atoms with E-state index in [-0.39, 0.29) is 42.6 Å². The fourth-order valence-corrected chi connectivity index (χ4v) is 6.14. The molecule has 1 amide bonds. The molecule has 1 aromatic rings. The van der Waals surface area contributed by atoms with Crippen molar-refractivity contribution in [2.45, 2.75) is 51.2 Å². The van der Waals surface area contributed by atoms with Crippen molar-refractivity contribution in [3.8, 4) is 0 Å². The number of benzene rings is 1. The van der Waals surface area contributed by atoms with Crippen LogP contribution in [0.25, 0.3) is 0 Å². The van der Waals surface area contributed by atoms with Gasteiger partial charge in [-0.05, 0) is 49.9 Å². The van der Waals surface area contributed by atoms with Crippen LogP contribution in [-0.2, 0) is 24.7 Å². The van der Waals surface area contributed by atoms with Crippen molar-refractivity contribution in [3.63, 3.8) is 0 Å². The Morgan fingerprint density at radius 1 is 1.07 bits per heavy atom. The summed E-state index contributed by atoms with van der Waals surface area (Å²) >= 11 is 0. The first kappa shape index (κ1) is 21.8. The largest absolute Gasteiger partial charge is 0.340 e. The van der Waals surface area contributed by atoms with Crippen molar-refractivity contribution < 1.29 is 21.6 Å². The third kappa shape index (κ3) is 4.52. The van der Waals surface area contributed by atoms with Crippen molar-refractivity contribution in [2.75, 3.05) is 25.4 Å². The zero-order chi connectivity index (χ0) is 20.6. The van der Waals surface area contributed by atoms with Crippen LogP contribution in [0.15, 0.2) is 11.0 Å².